The van der Waals surface area contributed by atoms with Crippen molar-refractivity contribution in [1.82, 2.24) is 4.90 Å². The Kier molecular flexibility index (Phi) is 4.18. The summed E-state index contributed by atoms with van der Waals surface area (Å²) in [6.07, 6.45) is 2.02. The molecule has 1 amide bonds. The van der Waals surface area contributed by atoms with Gasteiger partial charge < -0.3 is 4.90 Å². The van der Waals surface area contributed by atoms with E-state index in [0.29, 0.717) is 15.6 Å². The number of hydrogen-bond donors (Lipinski definition) is 0. The monoisotopic (exact) mass is 319 g/mol. The van der Waals surface area contributed by atoms with E-state index in [1.807, 2.05) is 23.1 Å². The van der Waals surface area contributed by atoms with Gasteiger partial charge in [-0.3, -0.25) is 4.79 Å². The van der Waals surface area contributed by atoms with Crippen LogP contribution in [0.1, 0.15) is 34.8 Å². The van der Waals surface area contributed by atoms with Crippen molar-refractivity contribution < 1.29 is 4.79 Å². The highest BCUT2D eigenvalue weighted by atomic mass is 35.5. The van der Waals surface area contributed by atoms with Gasteiger partial charge in [0.25, 0.3) is 5.91 Å². The Labute approximate surface area is 134 Å². The maximum absolute atomic E-state index is 12.7. The van der Waals surface area contributed by atoms with E-state index in [9.17, 15) is 4.79 Å². The average Bonchev–Trinajstić information content (AvgIpc) is 2.99. The zero-order valence-electron chi connectivity index (χ0n) is 11.4. The predicted octanol–water partition coefficient (Wildman–Crippen LogP) is 4.97. The smallest absolute Gasteiger partial charge is 0.254 e. The van der Waals surface area contributed by atoms with Gasteiger partial charge in [0.15, 0.2) is 0 Å². The van der Waals surface area contributed by atoms with Gasteiger partial charge in [0, 0.05) is 12.1 Å². The van der Waals surface area contributed by atoms with Crippen molar-refractivity contribution in [3.8, 4) is 0 Å². The Hall–Kier alpha value is -1.51. The molecular formula is C17H15Cl2NO. The summed E-state index contributed by atoms with van der Waals surface area (Å²) in [6.45, 7) is 0.776. The van der Waals surface area contributed by atoms with Crippen molar-refractivity contribution >= 4 is 29.1 Å². The second-order valence-electron chi connectivity index (χ2n) is 5.20. The molecule has 0 saturated carbocycles. The molecule has 1 atom stereocenters. The van der Waals surface area contributed by atoms with E-state index in [4.69, 9.17) is 23.2 Å². The molecular weight excluding hydrogens is 305 g/mol. The zero-order chi connectivity index (χ0) is 14.8. The first-order chi connectivity index (χ1) is 10.2. The number of benzene rings is 2. The molecule has 2 aromatic rings. The number of halogens is 2. The quantitative estimate of drug-likeness (QED) is 0.765. The van der Waals surface area contributed by atoms with Crippen molar-refractivity contribution in [2.45, 2.75) is 18.9 Å². The molecule has 4 heteroatoms. The molecule has 2 aromatic carbocycles. The van der Waals surface area contributed by atoms with Gasteiger partial charge in [-0.15, -0.1) is 0 Å². The molecule has 108 valence electrons. The normalized spacial score (nSPS) is 18.0. The fourth-order valence-corrected chi connectivity index (χ4v) is 3.12. The standard InChI is InChI=1S/C17H15Cl2NO/c18-14-9-8-13(11-15(14)19)17(21)20-10-4-7-16(20)12-5-2-1-3-6-12/h1-3,5-6,8-9,11,16H,4,7,10H2. The molecule has 3 rings (SSSR count). The number of carbonyl (C=O) groups is 1. The number of likely N-dealkylation sites (tertiary alicyclic amines) is 1. The fraction of sp³-hybridized carbons (Fsp3) is 0.235. The molecule has 1 heterocycles. The SMILES string of the molecule is O=C(c1ccc(Cl)c(Cl)c1)N1CCCC1c1ccccc1. The van der Waals surface area contributed by atoms with Gasteiger partial charge in [0.05, 0.1) is 16.1 Å². The highest BCUT2D eigenvalue weighted by molar-refractivity contribution is 6.42. The molecule has 1 unspecified atom stereocenters. The maximum Gasteiger partial charge on any atom is 0.254 e. The molecule has 1 aliphatic heterocycles. The Balaban J connectivity index is 1.88. The highest BCUT2D eigenvalue weighted by Gasteiger charge is 2.30. The van der Waals surface area contributed by atoms with Gasteiger partial charge in [-0.05, 0) is 36.6 Å². The van der Waals surface area contributed by atoms with Crippen LogP contribution in [-0.4, -0.2) is 17.4 Å². The van der Waals surface area contributed by atoms with Gasteiger partial charge >= 0.3 is 0 Å². The molecule has 0 bridgehead atoms. The highest BCUT2D eigenvalue weighted by Crippen LogP contribution is 2.33. The first kappa shape index (κ1) is 14.4. The lowest BCUT2D eigenvalue weighted by molar-refractivity contribution is 0.0735. The van der Waals surface area contributed by atoms with E-state index in [-0.39, 0.29) is 11.9 Å². The molecule has 0 N–H and O–H groups in total. The van der Waals surface area contributed by atoms with Crippen LogP contribution in [0, 0.1) is 0 Å². The number of nitrogens with zero attached hydrogens (tertiary/aromatic N) is 1. The lowest BCUT2D eigenvalue weighted by Gasteiger charge is -2.25. The van der Waals surface area contributed by atoms with Gasteiger partial charge in [-0.1, -0.05) is 53.5 Å². The average molecular weight is 320 g/mol. The van der Waals surface area contributed by atoms with Crippen molar-refractivity contribution in [3.63, 3.8) is 0 Å². The van der Waals surface area contributed by atoms with E-state index < -0.39 is 0 Å². The van der Waals surface area contributed by atoms with Gasteiger partial charge in [0.1, 0.15) is 0 Å². The minimum Gasteiger partial charge on any atom is -0.332 e. The number of amides is 1. The number of hydrogen-bond acceptors (Lipinski definition) is 1. The van der Waals surface area contributed by atoms with Crippen LogP contribution in [0.5, 0.6) is 0 Å². The Morgan fingerprint density at radius 3 is 2.52 bits per heavy atom. The summed E-state index contributed by atoms with van der Waals surface area (Å²) in [5.41, 5.74) is 1.77. The topological polar surface area (TPSA) is 20.3 Å². The van der Waals surface area contributed by atoms with E-state index in [2.05, 4.69) is 12.1 Å². The lowest BCUT2D eigenvalue weighted by Crippen LogP contribution is -2.30. The van der Waals surface area contributed by atoms with Crippen LogP contribution in [-0.2, 0) is 0 Å². The van der Waals surface area contributed by atoms with Crippen LogP contribution in [0.3, 0.4) is 0 Å². The van der Waals surface area contributed by atoms with Crippen molar-refractivity contribution in [2.24, 2.45) is 0 Å². The zero-order valence-corrected chi connectivity index (χ0v) is 12.9. The maximum atomic E-state index is 12.7. The molecule has 2 nitrogen and oxygen atoms in total. The van der Waals surface area contributed by atoms with E-state index in [1.54, 1.807) is 18.2 Å². The minimum absolute atomic E-state index is 0.0138. The summed E-state index contributed by atoms with van der Waals surface area (Å²) in [7, 11) is 0. The molecule has 1 fully saturated rings. The third kappa shape index (κ3) is 2.92. The third-order valence-electron chi connectivity index (χ3n) is 3.86. The van der Waals surface area contributed by atoms with Crippen LogP contribution < -0.4 is 0 Å². The second kappa shape index (κ2) is 6.08. The van der Waals surface area contributed by atoms with Crippen molar-refractivity contribution in [3.05, 3.63) is 69.7 Å². The van der Waals surface area contributed by atoms with Crippen LogP contribution in [0.15, 0.2) is 48.5 Å². The van der Waals surface area contributed by atoms with Crippen LogP contribution in [0.25, 0.3) is 0 Å². The number of rotatable bonds is 2. The lowest BCUT2D eigenvalue weighted by atomic mass is 10.0. The van der Waals surface area contributed by atoms with Gasteiger partial charge in [-0.2, -0.15) is 0 Å². The Morgan fingerprint density at radius 2 is 1.81 bits per heavy atom. The summed E-state index contributed by atoms with van der Waals surface area (Å²) in [5, 5.41) is 0.882. The van der Waals surface area contributed by atoms with Crippen molar-refractivity contribution in [2.75, 3.05) is 6.54 Å². The van der Waals surface area contributed by atoms with E-state index in [0.717, 1.165) is 19.4 Å². The Morgan fingerprint density at radius 1 is 1.05 bits per heavy atom. The first-order valence-corrected chi connectivity index (χ1v) is 7.73. The minimum atomic E-state index is 0.0138. The summed E-state index contributed by atoms with van der Waals surface area (Å²) < 4.78 is 0. The largest absolute Gasteiger partial charge is 0.332 e. The van der Waals surface area contributed by atoms with Crippen LogP contribution >= 0.6 is 23.2 Å². The Bertz CT molecular complexity index is 657. The van der Waals surface area contributed by atoms with Gasteiger partial charge in [-0.25, -0.2) is 0 Å². The molecule has 1 saturated heterocycles. The summed E-state index contributed by atoms with van der Waals surface area (Å²) >= 11 is 11.9. The van der Waals surface area contributed by atoms with E-state index in [1.165, 1.54) is 5.56 Å². The molecule has 1 aliphatic rings. The second-order valence-corrected chi connectivity index (χ2v) is 6.01. The van der Waals surface area contributed by atoms with Crippen LogP contribution in [0.2, 0.25) is 10.0 Å². The fourth-order valence-electron chi connectivity index (χ4n) is 2.83. The summed E-state index contributed by atoms with van der Waals surface area (Å²) in [6, 6.07) is 15.4. The van der Waals surface area contributed by atoms with Crippen LogP contribution in [0.4, 0.5) is 0 Å². The first-order valence-electron chi connectivity index (χ1n) is 6.98. The molecule has 0 radical (unpaired) electrons. The van der Waals surface area contributed by atoms with Crippen molar-refractivity contribution in [1.29, 1.82) is 0 Å². The summed E-state index contributed by atoms with van der Waals surface area (Å²) in [4.78, 5) is 14.6. The predicted molar refractivity (Wildman–Crippen MR) is 85.9 cm³/mol. The molecule has 21 heavy (non-hydrogen) atoms. The third-order valence-corrected chi connectivity index (χ3v) is 4.60. The summed E-state index contributed by atoms with van der Waals surface area (Å²) in [5.74, 6) is 0.0138. The molecule has 0 aromatic heterocycles. The van der Waals surface area contributed by atoms with Gasteiger partial charge in [0.2, 0.25) is 0 Å². The molecule has 0 aliphatic carbocycles. The number of carbonyl (C=O) groups excluding carboxylic acids is 1. The molecule has 0 spiro atoms. The van der Waals surface area contributed by atoms with E-state index >= 15 is 0 Å².